The smallest absolute Gasteiger partial charge is 0.306 e. The second kappa shape index (κ2) is 20.8. The van der Waals surface area contributed by atoms with Crippen LogP contribution in [0.4, 0.5) is 0 Å². The van der Waals surface area contributed by atoms with Crippen LogP contribution in [0.2, 0.25) is 0 Å². The Bertz CT molecular complexity index is 616. The predicted octanol–water partition coefficient (Wildman–Crippen LogP) is 4.35. The Labute approximate surface area is 186 Å². The van der Waals surface area contributed by atoms with Crippen LogP contribution in [0, 0.1) is 0 Å². The third kappa shape index (κ3) is 20.6. The van der Waals surface area contributed by atoms with Crippen LogP contribution < -0.4 is 0 Å². The fourth-order valence-corrected chi connectivity index (χ4v) is 2.36. The van der Waals surface area contributed by atoms with Crippen LogP contribution in [-0.4, -0.2) is 47.6 Å². The van der Waals surface area contributed by atoms with Crippen molar-refractivity contribution >= 4 is 11.9 Å². The van der Waals surface area contributed by atoms with Crippen molar-refractivity contribution in [1.29, 1.82) is 0 Å². The molecule has 0 radical (unpaired) electrons. The first-order chi connectivity index (χ1) is 15.0. The van der Waals surface area contributed by atoms with Crippen molar-refractivity contribution < 1.29 is 29.3 Å². The standard InChI is InChI=1S/C25H38O6/c1-3-4-5-6-7-8-9-10-11-12-13-14-15-17-23(28)18-16-19-25(29)31-24(20-26)21-30-22(2)27/h4-5,7-8,10-11,13-15,17,23-24,26,28H,3,6,9,12,16,18-21H2,1-2H3/b5-4-,8-7-,11-10-,14-13-,17-15+/t23?,24-/m0/s1. The first-order valence-electron chi connectivity index (χ1n) is 10.9. The molecule has 0 heterocycles. The van der Waals surface area contributed by atoms with E-state index in [0.717, 1.165) is 25.7 Å². The summed E-state index contributed by atoms with van der Waals surface area (Å²) in [5.41, 5.74) is 0. The third-order valence-electron chi connectivity index (χ3n) is 3.99. The minimum absolute atomic E-state index is 0.117. The van der Waals surface area contributed by atoms with E-state index in [4.69, 9.17) is 14.6 Å². The molecule has 0 bridgehead atoms. The molecule has 0 aliphatic carbocycles. The maximum atomic E-state index is 11.7. The van der Waals surface area contributed by atoms with Gasteiger partial charge in [0.05, 0.1) is 12.7 Å². The Balaban J connectivity index is 3.88. The normalized spacial score (nSPS) is 14.3. The van der Waals surface area contributed by atoms with Crippen molar-refractivity contribution in [2.75, 3.05) is 13.2 Å². The molecule has 0 aromatic carbocycles. The lowest BCUT2D eigenvalue weighted by Gasteiger charge is -2.15. The van der Waals surface area contributed by atoms with Gasteiger partial charge in [-0.1, -0.05) is 67.7 Å². The van der Waals surface area contributed by atoms with E-state index in [2.05, 4.69) is 43.4 Å². The van der Waals surface area contributed by atoms with Gasteiger partial charge in [0.2, 0.25) is 0 Å². The minimum Gasteiger partial charge on any atom is -0.462 e. The van der Waals surface area contributed by atoms with Crippen LogP contribution in [0.25, 0.3) is 0 Å². The number of hydrogen-bond acceptors (Lipinski definition) is 6. The van der Waals surface area contributed by atoms with E-state index in [9.17, 15) is 14.7 Å². The molecule has 2 N–H and O–H groups in total. The summed E-state index contributed by atoms with van der Waals surface area (Å²) in [4.78, 5) is 22.5. The van der Waals surface area contributed by atoms with Crippen molar-refractivity contribution in [3.8, 4) is 0 Å². The van der Waals surface area contributed by atoms with E-state index < -0.39 is 30.8 Å². The molecule has 6 nitrogen and oxygen atoms in total. The molecule has 0 aliphatic heterocycles. The van der Waals surface area contributed by atoms with Crippen molar-refractivity contribution in [3.05, 3.63) is 60.8 Å². The van der Waals surface area contributed by atoms with Gasteiger partial charge in [-0.2, -0.15) is 0 Å². The van der Waals surface area contributed by atoms with Gasteiger partial charge in [0.1, 0.15) is 6.61 Å². The largest absolute Gasteiger partial charge is 0.462 e. The molecule has 174 valence electrons. The van der Waals surface area contributed by atoms with Crippen molar-refractivity contribution in [2.45, 2.75) is 71.0 Å². The summed E-state index contributed by atoms with van der Waals surface area (Å²) in [6, 6.07) is 0. The summed E-state index contributed by atoms with van der Waals surface area (Å²) in [5.74, 6) is -1.00. The molecular formula is C25H38O6. The number of ether oxygens (including phenoxy) is 2. The molecule has 2 atom stereocenters. The summed E-state index contributed by atoms with van der Waals surface area (Å²) in [6.45, 7) is 2.78. The number of esters is 2. The Kier molecular flexibility index (Phi) is 19.2. The highest BCUT2D eigenvalue weighted by Gasteiger charge is 2.15. The number of carbonyl (C=O) groups excluding carboxylic acids is 2. The molecule has 0 rings (SSSR count). The van der Waals surface area contributed by atoms with Crippen LogP contribution in [0.1, 0.15) is 58.8 Å². The zero-order valence-electron chi connectivity index (χ0n) is 18.8. The van der Waals surface area contributed by atoms with Crippen molar-refractivity contribution in [3.63, 3.8) is 0 Å². The Morgan fingerprint density at radius 2 is 1.55 bits per heavy atom. The van der Waals surface area contributed by atoms with Gasteiger partial charge in [-0.3, -0.25) is 9.59 Å². The number of allylic oxidation sites excluding steroid dienone is 9. The summed E-state index contributed by atoms with van der Waals surface area (Å²) < 4.78 is 9.73. The van der Waals surface area contributed by atoms with E-state index in [-0.39, 0.29) is 13.0 Å². The highest BCUT2D eigenvalue weighted by atomic mass is 16.6. The van der Waals surface area contributed by atoms with Crippen molar-refractivity contribution in [2.24, 2.45) is 0 Å². The Morgan fingerprint density at radius 1 is 0.935 bits per heavy atom. The van der Waals surface area contributed by atoms with Crippen LogP contribution in [0.5, 0.6) is 0 Å². The molecular weight excluding hydrogens is 396 g/mol. The zero-order valence-corrected chi connectivity index (χ0v) is 18.8. The summed E-state index contributed by atoms with van der Waals surface area (Å²) in [7, 11) is 0. The van der Waals surface area contributed by atoms with E-state index in [1.807, 2.05) is 12.2 Å². The lowest BCUT2D eigenvalue weighted by molar-refractivity contribution is -0.160. The predicted molar refractivity (Wildman–Crippen MR) is 123 cm³/mol. The molecule has 0 aromatic rings. The van der Waals surface area contributed by atoms with E-state index in [1.54, 1.807) is 12.2 Å². The van der Waals surface area contributed by atoms with Crippen LogP contribution in [0.3, 0.4) is 0 Å². The molecule has 31 heavy (non-hydrogen) atoms. The monoisotopic (exact) mass is 434 g/mol. The first kappa shape index (κ1) is 28.6. The van der Waals surface area contributed by atoms with Gasteiger partial charge in [-0.05, 0) is 38.5 Å². The van der Waals surface area contributed by atoms with Gasteiger partial charge in [0, 0.05) is 13.3 Å². The Morgan fingerprint density at radius 3 is 2.13 bits per heavy atom. The van der Waals surface area contributed by atoms with Crippen LogP contribution in [0.15, 0.2) is 60.8 Å². The zero-order chi connectivity index (χ0) is 23.2. The fraction of sp³-hybridized carbons (Fsp3) is 0.520. The van der Waals surface area contributed by atoms with Crippen molar-refractivity contribution in [1.82, 2.24) is 0 Å². The van der Waals surface area contributed by atoms with Crippen LogP contribution in [-0.2, 0) is 19.1 Å². The molecule has 0 saturated carbocycles. The maximum absolute atomic E-state index is 11.7. The summed E-state index contributed by atoms with van der Waals surface area (Å²) >= 11 is 0. The van der Waals surface area contributed by atoms with Gasteiger partial charge >= 0.3 is 11.9 Å². The summed E-state index contributed by atoms with van der Waals surface area (Å²) in [6.07, 6.45) is 23.5. The molecule has 0 aromatic heterocycles. The lowest BCUT2D eigenvalue weighted by atomic mass is 10.1. The molecule has 1 unspecified atom stereocenters. The van der Waals surface area contributed by atoms with Gasteiger partial charge in [-0.15, -0.1) is 0 Å². The average Bonchev–Trinajstić information content (AvgIpc) is 2.74. The first-order valence-corrected chi connectivity index (χ1v) is 10.9. The third-order valence-corrected chi connectivity index (χ3v) is 3.99. The topological polar surface area (TPSA) is 93.1 Å². The van der Waals surface area contributed by atoms with Gasteiger partial charge in [-0.25, -0.2) is 0 Å². The number of aliphatic hydroxyl groups is 2. The molecule has 0 fully saturated rings. The van der Waals surface area contributed by atoms with E-state index in [1.165, 1.54) is 6.92 Å². The molecule has 0 spiro atoms. The highest BCUT2D eigenvalue weighted by molar-refractivity contribution is 5.69. The highest BCUT2D eigenvalue weighted by Crippen LogP contribution is 2.06. The van der Waals surface area contributed by atoms with Gasteiger partial charge in [0.25, 0.3) is 0 Å². The molecule has 0 aliphatic rings. The molecule has 0 saturated heterocycles. The Hall–Kier alpha value is -2.44. The molecule has 6 heteroatoms. The number of hydrogen-bond donors (Lipinski definition) is 2. The lowest BCUT2D eigenvalue weighted by Crippen LogP contribution is -2.28. The van der Waals surface area contributed by atoms with Gasteiger partial charge in [0.15, 0.2) is 6.10 Å². The van der Waals surface area contributed by atoms with E-state index >= 15 is 0 Å². The van der Waals surface area contributed by atoms with Crippen LogP contribution >= 0.6 is 0 Å². The number of rotatable bonds is 17. The quantitative estimate of drug-likeness (QED) is 0.201. The summed E-state index contributed by atoms with van der Waals surface area (Å²) in [5, 5.41) is 19.0. The number of carbonyl (C=O) groups is 2. The SMILES string of the molecule is CC/C=C\C/C=C\C/C=C\C/C=C\C=C\C(O)CCCC(=O)O[C@@H](CO)COC(C)=O. The number of aliphatic hydroxyl groups excluding tert-OH is 2. The average molecular weight is 435 g/mol. The second-order valence-electron chi connectivity index (χ2n) is 6.90. The van der Waals surface area contributed by atoms with Gasteiger partial charge < -0.3 is 19.7 Å². The minimum atomic E-state index is -0.862. The molecule has 0 amide bonds. The maximum Gasteiger partial charge on any atom is 0.306 e. The van der Waals surface area contributed by atoms with E-state index in [0.29, 0.717) is 12.8 Å². The second-order valence-corrected chi connectivity index (χ2v) is 6.90. The fourth-order valence-electron chi connectivity index (χ4n) is 2.36.